The summed E-state index contributed by atoms with van der Waals surface area (Å²) in [6, 6.07) is 0.436. The minimum absolute atomic E-state index is 0. The first-order chi connectivity index (χ1) is 6.19. The van der Waals surface area contributed by atoms with Gasteiger partial charge >= 0.3 is 6.09 Å². The van der Waals surface area contributed by atoms with E-state index in [1.165, 1.54) is 4.90 Å². The molecule has 0 aromatic rings. The Kier molecular flexibility index (Phi) is 9.20. The zero-order chi connectivity index (χ0) is 9.84. The van der Waals surface area contributed by atoms with Gasteiger partial charge in [0.25, 0.3) is 0 Å². The third kappa shape index (κ3) is 4.45. The van der Waals surface area contributed by atoms with Crippen molar-refractivity contribution >= 4 is 30.9 Å². The molecule has 1 heterocycles. The molecule has 0 aliphatic carbocycles. The van der Waals surface area contributed by atoms with Gasteiger partial charge < -0.3 is 10.0 Å². The Bertz CT molecular complexity index is 189. The molecule has 1 rings (SSSR count). The third-order valence-corrected chi connectivity index (χ3v) is 2.76. The highest BCUT2D eigenvalue weighted by molar-refractivity contribution is 5.85. The van der Waals surface area contributed by atoms with E-state index in [1.54, 1.807) is 0 Å². The lowest BCUT2D eigenvalue weighted by Gasteiger charge is -2.25. The monoisotopic (exact) mass is 258 g/mol. The molecule has 0 spiro atoms. The zero-order valence-corrected chi connectivity index (χ0v) is 10.8. The Balaban J connectivity index is 0. The highest BCUT2D eigenvalue weighted by Crippen LogP contribution is 2.14. The van der Waals surface area contributed by atoms with Gasteiger partial charge in [-0.15, -0.1) is 24.8 Å². The SMILES string of the molecule is CCN(CC)[C@@H]1CCN(C(=O)O)C1.Cl.Cl. The molecule has 0 bridgehead atoms. The van der Waals surface area contributed by atoms with Crippen LogP contribution in [0.3, 0.4) is 0 Å². The molecule has 1 atom stereocenters. The molecule has 1 aliphatic heterocycles. The van der Waals surface area contributed by atoms with Crippen LogP contribution >= 0.6 is 24.8 Å². The fraction of sp³-hybridized carbons (Fsp3) is 0.889. The Morgan fingerprint density at radius 2 is 1.93 bits per heavy atom. The quantitative estimate of drug-likeness (QED) is 0.842. The van der Waals surface area contributed by atoms with Crippen molar-refractivity contribution in [2.45, 2.75) is 26.3 Å². The number of likely N-dealkylation sites (tertiary alicyclic amines) is 1. The van der Waals surface area contributed by atoms with E-state index in [-0.39, 0.29) is 24.8 Å². The number of halogens is 2. The summed E-state index contributed by atoms with van der Waals surface area (Å²) in [5, 5.41) is 8.77. The summed E-state index contributed by atoms with van der Waals surface area (Å²) in [5.74, 6) is 0. The Hall–Kier alpha value is -0.190. The van der Waals surface area contributed by atoms with Crippen LogP contribution in [-0.2, 0) is 0 Å². The van der Waals surface area contributed by atoms with Gasteiger partial charge in [0.1, 0.15) is 0 Å². The average molecular weight is 259 g/mol. The van der Waals surface area contributed by atoms with Gasteiger partial charge in [-0.3, -0.25) is 4.90 Å². The van der Waals surface area contributed by atoms with Crippen LogP contribution in [0.5, 0.6) is 0 Å². The number of rotatable bonds is 3. The number of carboxylic acid groups (broad SMARTS) is 1. The summed E-state index contributed by atoms with van der Waals surface area (Å²) in [7, 11) is 0. The predicted molar refractivity (Wildman–Crippen MR) is 65.4 cm³/mol. The van der Waals surface area contributed by atoms with Crippen LogP contribution in [0, 0.1) is 0 Å². The molecule has 1 N–H and O–H groups in total. The molecule has 15 heavy (non-hydrogen) atoms. The van der Waals surface area contributed by atoms with Crippen LogP contribution in [0.4, 0.5) is 4.79 Å². The molecule has 0 unspecified atom stereocenters. The van der Waals surface area contributed by atoms with E-state index in [4.69, 9.17) is 5.11 Å². The van der Waals surface area contributed by atoms with E-state index in [9.17, 15) is 4.79 Å². The van der Waals surface area contributed by atoms with Crippen LogP contribution < -0.4 is 0 Å². The zero-order valence-electron chi connectivity index (χ0n) is 9.18. The maximum atomic E-state index is 10.7. The van der Waals surface area contributed by atoms with E-state index in [0.29, 0.717) is 19.1 Å². The summed E-state index contributed by atoms with van der Waals surface area (Å²) < 4.78 is 0. The Labute approximate surface area is 103 Å². The largest absolute Gasteiger partial charge is 0.465 e. The molecule has 0 aromatic heterocycles. The summed E-state index contributed by atoms with van der Waals surface area (Å²) in [4.78, 5) is 14.5. The molecular formula is C9H20Cl2N2O2. The van der Waals surface area contributed by atoms with E-state index in [1.807, 2.05) is 0 Å². The topological polar surface area (TPSA) is 43.8 Å². The minimum Gasteiger partial charge on any atom is -0.465 e. The first-order valence-corrected chi connectivity index (χ1v) is 4.91. The predicted octanol–water partition coefficient (Wildman–Crippen LogP) is 1.92. The maximum absolute atomic E-state index is 10.7. The number of amides is 1. The number of likely N-dealkylation sites (N-methyl/N-ethyl adjacent to an activating group) is 1. The first kappa shape index (κ1) is 17.2. The van der Waals surface area contributed by atoms with E-state index < -0.39 is 6.09 Å². The van der Waals surface area contributed by atoms with E-state index >= 15 is 0 Å². The maximum Gasteiger partial charge on any atom is 0.407 e. The summed E-state index contributed by atoms with van der Waals surface area (Å²) in [5.41, 5.74) is 0. The van der Waals surface area contributed by atoms with Gasteiger partial charge in [-0.1, -0.05) is 13.8 Å². The van der Waals surface area contributed by atoms with Crippen LogP contribution in [0.1, 0.15) is 20.3 Å². The molecule has 4 nitrogen and oxygen atoms in total. The first-order valence-electron chi connectivity index (χ1n) is 4.91. The number of carbonyl (C=O) groups is 1. The molecule has 92 valence electrons. The molecule has 6 heteroatoms. The molecule has 0 saturated carbocycles. The lowest BCUT2D eigenvalue weighted by atomic mass is 10.2. The molecule has 1 fully saturated rings. The summed E-state index contributed by atoms with van der Waals surface area (Å²) >= 11 is 0. The van der Waals surface area contributed by atoms with Crippen molar-refractivity contribution in [1.82, 2.24) is 9.80 Å². The fourth-order valence-corrected chi connectivity index (χ4v) is 1.95. The van der Waals surface area contributed by atoms with Gasteiger partial charge in [0.05, 0.1) is 0 Å². The van der Waals surface area contributed by atoms with Gasteiger partial charge in [-0.25, -0.2) is 4.79 Å². The van der Waals surface area contributed by atoms with Crippen molar-refractivity contribution in [2.24, 2.45) is 0 Å². The fourth-order valence-electron chi connectivity index (χ4n) is 1.95. The summed E-state index contributed by atoms with van der Waals surface area (Å²) in [6.45, 7) is 7.62. The highest BCUT2D eigenvalue weighted by atomic mass is 35.5. The van der Waals surface area contributed by atoms with Gasteiger partial charge in [0.15, 0.2) is 0 Å². The number of hydrogen-bond donors (Lipinski definition) is 1. The normalized spacial score (nSPS) is 19.7. The second-order valence-corrected chi connectivity index (χ2v) is 3.39. The van der Waals surface area contributed by atoms with Gasteiger partial charge in [0.2, 0.25) is 0 Å². The Morgan fingerprint density at radius 3 is 2.27 bits per heavy atom. The van der Waals surface area contributed by atoms with Crippen LogP contribution in [0.2, 0.25) is 0 Å². The molecule has 1 amide bonds. The number of hydrogen-bond acceptors (Lipinski definition) is 2. The highest BCUT2D eigenvalue weighted by Gasteiger charge is 2.28. The van der Waals surface area contributed by atoms with Gasteiger partial charge in [-0.2, -0.15) is 0 Å². The van der Waals surface area contributed by atoms with Crippen LogP contribution in [0.15, 0.2) is 0 Å². The Morgan fingerprint density at radius 1 is 1.40 bits per heavy atom. The molecule has 0 radical (unpaired) electrons. The second-order valence-electron chi connectivity index (χ2n) is 3.39. The second kappa shape index (κ2) is 8.02. The van der Waals surface area contributed by atoms with Crippen LogP contribution in [0.25, 0.3) is 0 Å². The van der Waals surface area contributed by atoms with Crippen molar-refractivity contribution in [2.75, 3.05) is 26.2 Å². The molecule has 1 saturated heterocycles. The lowest BCUT2D eigenvalue weighted by molar-refractivity contribution is 0.148. The van der Waals surface area contributed by atoms with Crippen molar-refractivity contribution in [3.05, 3.63) is 0 Å². The molecule has 0 aromatic carbocycles. The van der Waals surface area contributed by atoms with Crippen molar-refractivity contribution in [3.63, 3.8) is 0 Å². The lowest BCUT2D eigenvalue weighted by Crippen LogP contribution is -2.38. The standard InChI is InChI=1S/C9H18N2O2.2ClH/c1-3-10(4-2)8-5-6-11(7-8)9(12)13;;/h8H,3-7H2,1-2H3,(H,12,13);2*1H/t8-;;/m1../s1. The van der Waals surface area contributed by atoms with Crippen LogP contribution in [-0.4, -0.2) is 53.2 Å². The van der Waals surface area contributed by atoms with Crippen molar-refractivity contribution in [3.8, 4) is 0 Å². The summed E-state index contributed by atoms with van der Waals surface area (Å²) in [6.07, 6.45) is 0.197. The van der Waals surface area contributed by atoms with Gasteiger partial charge in [0, 0.05) is 19.1 Å². The van der Waals surface area contributed by atoms with Crippen molar-refractivity contribution in [1.29, 1.82) is 0 Å². The minimum atomic E-state index is -0.783. The average Bonchev–Trinajstić information content (AvgIpc) is 2.56. The van der Waals surface area contributed by atoms with E-state index in [0.717, 1.165) is 19.5 Å². The molecular weight excluding hydrogens is 239 g/mol. The molecule has 1 aliphatic rings. The number of nitrogens with zero attached hydrogens (tertiary/aromatic N) is 2. The van der Waals surface area contributed by atoms with E-state index in [2.05, 4.69) is 18.7 Å². The smallest absolute Gasteiger partial charge is 0.407 e. The third-order valence-electron chi connectivity index (χ3n) is 2.76. The van der Waals surface area contributed by atoms with Crippen molar-refractivity contribution < 1.29 is 9.90 Å². The van der Waals surface area contributed by atoms with Gasteiger partial charge in [-0.05, 0) is 19.5 Å².